The molecule has 0 spiro atoms. The van der Waals surface area contributed by atoms with E-state index in [1.165, 1.54) is 21.0 Å². The molecule has 16 heteroatoms. The summed E-state index contributed by atoms with van der Waals surface area (Å²) in [6.45, 7) is 21.4. The van der Waals surface area contributed by atoms with E-state index in [2.05, 4.69) is 4.90 Å². The Morgan fingerprint density at radius 1 is 0.864 bits per heavy atom. The molecule has 0 amide bonds. The van der Waals surface area contributed by atoms with Crippen LogP contribution in [0.3, 0.4) is 0 Å². The Bertz CT molecular complexity index is 1390. The number of morpholine rings is 1. The molecule has 4 fully saturated rings. The van der Waals surface area contributed by atoms with E-state index < -0.39 is 108 Å². The molecule has 0 aliphatic carbocycles. The second-order valence-electron chi connectivity index (χ2n) is 18.1. The summed E-state index contributed by atoms with van der Waals surface area (Å²) in [7, 11) is 4.71. The highest BCUT2D eigenvalue weighted by atomic mass is 16.7. The first-order valence-electron chi connectivity index (χ1n) is 21.5. The molecule has 0 saturated carbocycles. The molecule has 16 nitrogen and oxygen atoms in total. The van der Waals surface area contributed by atoms with Crippen LogP contribution < -0.4 is 0 Å². The fourth-order valence-corrected chi connectivity index (χ4v) is 9.98. The standard InChI is InChI=1S/C43H75NO15/c1-15-31-43(11,49)36(47)25(4)33(46)23(2)21-41(9,51-13)37(59-40-35(50-12)30(20-24(3)54-40)44-16-18-53-19-17-44)26(5)34(27(6)39(48)57-31)58-32-22-42(10,52-14)38(28(7)55-32)56-29(8)45/h23-28,30-32,34-38,40,47,49H,15-22H2,1-14H3/t23-,24-,25+,26+,27-,28+,30+,31-,32+,34+,35-,36-,37-,38+,40+,41+,42-,43-/m1/s1. The second-order valence-corrected chi connectivity index (χ2v) is 18.1. The normalized spacial score (nSPS) is 46.3. The molecule has 4 saturated heterocycles. The number of nitrogens with zero attached hydrogens (tertiary/aromatic N) is 1. The second kappa shape index (κ2) is 20.6. The average molecular weight is 846 g/mol. The Morgan fingerprint density at radius 3 is 2.03 bits per heavy atom. The number of ether oxygens (including phenoxy) is 10. The Kier molecular flexibility index (Phi) is 17.4. The Morgan fingerprint density at radius 2 is 1.47 bits per heavy atom. The summed E-state index contributed by atoms with van der Waals surface area (Å²) >= 11 is 0. The van der Waals surface area contributed by atoms with Crippen molar-refractivity contribution in [2.24, 2.45) is 23.7 Å². The minimum Gasteiger partial charge on any atom is -0.459 e. The van der Waals surface area contributed by atoms with Crippen LogP contribution in [0.15, 0.2) is 0 Å². The summed E-state index contributed by atoms with van der Waals surface area (Å²) in [6.07, 6.45) is -7.57. The predicted molar refractivity (Wildman–Crippen MR) is 214 cm³/mol. The first kappa shape index (κ1) is 49.8. The van der Waals surface area contributed by atoms with Gasteiger partial charge in [0.25, 0.3) is 0 Å². The van der Waals surface area contributed by atoms with Gasteiger partial charge in [-0.3, -0.25) is 19.3 Å². The molecular weight excluding hydrogens is 770 g/mol. The van der Waals surface area contributed by atoms with E-state index in [1.54, 1.807) is 48.8 Å². The number of carbonyl (C=O) groups is 3. The summed E-state index contributed by atoms with van der Waals surface area (Å²) in [5.41, 5.74) is -4.24. The van der Waals surface area contributed by atoms with Crippen LogP contribution in [0.1, 0.15) is 102 Å². The van der Waals surface area contributed by atoms with Crippen LogP contribution in [0.5, 0.6) is 0 Å². The predicted octanol–water partition coefficient (Wildman–Crippen LogP) is 3.44. The van der Waals surface area contributed by atoms with Crippen molar-refractivity contribution in [3.8, 4) is 0 Å². The van der Waals surface area contributed by atoms with Crippen molar-refractivity contribution in [3.63, 3.8) is 0 Å². The van der Waals surface area contributed by atoms with Gasteiger partial charge in [-0.2, -0.15) is 0 Å². The van der Waals surface area contributed by atoms with Crippen LogP contribution >= 0.6 is 0 Å². The van der Waals surface area contributed by atoms with Gasteiger partial charge in [0.2, 0.25) is 0 Å². The van der Waals surface area contributed by atoms with E-state index in [0.29, 0.717) is 19.6 Å². The molecule has 0 aromatic carbocycles. The minimum absolute atomic E-state index is 0.0585. The van der Waals surface area contributed by atoms with Crippen molar-refractivity contribution in [2.45, 2.75) is 186 Å². The van der Waals surface area contributed by atoms with Gasteiger partial charge in [-0.15, -0.1) is 0 Å². The third-order valence-electron chi connectivity index (χ3n) is 13.6. The maximum atomic E-state index is 14.4. The smallest absolute Gasteiger partial charge is 0.311 e. The molecule has 0 unspecified atom stereocenters. The van der Waals surface area contributed by atoms with Crippen LogP contribution in [0, 0.1) is 23.7 Å². The number of esters is 2. The quantitative estimate of drug-likeness (QED) is 0.304. The number of ketones is 1. The summed E-state index contributed by atoms with van der Waals surface area (Å²) in [4.78, 5) is 43.1. The van der Waals surface area contributed by atoms with Gasteiger partial charge in [-0.05, 0) is 60.8 Å². The molecule has 4 aliphatic heterocycles. The summed E-state index contributed by atoms with van der Waals surface area (Å²) < 4.78 is 63.0. The van der Waals surface area contributed by atoms with Crippen LogP contribution in [-0.2, 0) is 61.8 Å². The van der Waals surface area contributed by atoms with Gasteiger partial charge in [0, 0.05) is 71.6 Å². The highest BCUT2D eigenvalue weighted by Gasteiger charge is 2.55. The van der Waals surface area contributed by atoms with Gasteiger partial charge in [-0.1, -0.05) is 27.7 Å². The fourth-order valence-electron chi connectivity index (χ4n) is 9.98. The highest BCUT2D eigenvalue weighted by Crippen LogP contribution is 2.42. The fraction of sp³-hybridized carbons (Fsp3) is 0.930. The topological polar surface area (TPSA) is 187 Å². The van der Waals surface area contributed by atoms with Gasteiger partial charge in [0.15, 0.2) is 18.7 Å². The zero-order valence-corrected chi connectivity index (χ0v) is 38.0. The van der Waals surface area contributed by atoms with E-state index in [-0.39, 0.29) is 37.2 Å². The van der Waals surface area contributed by atoms with Crippen molar-refractivity contribution in [1.29, 1.82) is 0 Å². The van der Waals surface area contributed by atoms with Crippen molar-refractivity contribution in [2.75, 3.05) is 47.6 Å². The number of methoxy groups -OCH3 is 3. The number of hydrogen-bond acceptors (Lipinski definition) is 16. The first-order valence-corrected chi connectivity index (χ1v) is 21.5. The highest BCUT2D eigenvalue weighted by molar-refractivity contribution is 5.83. The van der Waals surface area contributed by atoms with Gasteiger partial charge in [-0.25, -0.2) is 0 Å². The SMILES string of the molecule is CC[C@H]1OC(=O)[C@H](C)[C@@H](O[C@H]2C[C@@](C)(OC)[C@@H](OC(C)=O)[C@H](C)O2)[C@H](C)[C@@H](O[C@@H]2O[C@H](C)C[C@H](N3CCOCC3)[C@H]2OC)[C@@](C)(OC)C[C@@H](C)C(=O)[C@H](C)[C@@H](O)[C@]1(C)O. The largest absolute Gasteiger partial charge is 0.459 e. The van der Waals surface area contributed by atoms with Crippen molar-refractivity contribution in [3.05, 3.63) is 0 Å². The Labute approximate surface area is 351 Å². The number of Topliss-reactive ketones (excluding diaryl/α,β-unsaturated/α-hetero) is 1. The maximum absolute atomic E-state index is 14.4. The van der Waals surface area contributed by atoms with Crippen LogP contribution in [0.4, 0.5) is 0 Å². The van der Waals surface area contributed by atoms with Gasteiger partial charge < -0.3 is 57.6 Å². The zero-order valence-electron chi connectivity index (χ0n) is 38.0. The van der Waals surface area contributed by atoms with Gasteiger partial charge >= 0.3 is 11.9 Å². The summed E-state index contributed by atoms with van der Waals surface area (Å²) in [5, 5.41) is 23.3. The first-order chi connectivity index (χ1) is 27.6. The third-order valence-corrected chi connectivity index (χ3v) is 13.6. The van der Waals surface area contributed by atoms with Gasteiger partial charge in [0.1, 0.15) is 29.2 Å². The van der Waals surface area contributed by atoms with Crippen LogP contribution in [-0.4, -0.2) is 165 Å². The van der Waals surface area contributed by atoms with E-state index in [4.69, 9.17) is 47.4 Å². The Hall–Kier alpha value is -1.83. The van der Waals surface area contributed by atoms with Crippen LogP contribution in [0.25, 0.3) is 0 Å². The van der Waals surface area contributed by atoms with Gasteiger partial charge in [0.05, 0.1) is 55.3 Å². The van der Waals surface area contributed by atoms with Crippen molar-refractivity contribution < 1.29 is 72.0 Å². The minimum atomic E-state index is -1.98. The summed E-state index contributed by atoms with van der Waals surface area (Å²) in [5.74, 6) is -4.91. The molecule has 4 rings (SSSR count). The molecule has 4 heterocycles. The van der Waals surface area contributed by atoms with Crippen molar-refractivity contribution in [1.82, 2.24) is 4.90 Å². The molecular formula is C43H75NO15. The average Bonchev–Trinajstić information content (AvgIpc) is 3.20. The number of aliphatic hydroxyl groups is 2. The molecule has 2 N–H and O–H groups in total. The molecule has 59 heavy (non-hydrogen) atoms. The maximum Gasteiger partial charge on any atom is 0.311 e. The van der Waals surface area contributed by atoms with E-state index in [1.807, 2.05) is 27.7 Å². The lowest BCUT2D eigenvalue weighted by molar-refractivity contribution is -0.322. The molecule has 0 radical (unpaired) electrons. The zero-order chi connectivity index (χ0) is 44.2. The lowest BCUT2D eigenvalue weighted by Crippen LogP contribution is -2.63. The molecule has 342 valence electrons. The monoisotopic (exact) mass is 846 g/mol. The van der Waals surface area contributed by atoms with E-state index in [9.17, 15) is 24.6 Å². The molecule has 4 aliphatic rings. The van der Waals surface area contributed by atoms with E-state index >= 15 is 0 Å². The number of rotatable bonds is 10. The van der Waals surface area contributed by atoms with E-state index in [0.717, 1.165) is 13.1 Å². The number of carbonyl (C=O) groups excluding carboxylic acids is 3. The molecule has 0 bridgehead atoms. The number of hydrogen-bond donors (Lipinski definition) is 2. The van der Waals surface area contributed by atoms with Crippen molar-refractivity contribution >= 4 is 17.7 Å². The molecule has 18 atom stereocenters. The number of aliphatic hydroxyl groups excluding tert-OH is 1. The molecule has 0 aromatic rings. The third kappa shape index (κ3) is 11.0. The molecule has 0 aromatic heterocycles. The Balaban J connectivity index is 1.86. The van der Waals surface area contributed by atoms with Crippen LogP contribution in [0.2, 0.25) is 0 Å². The summed E-state index contributed by atoms with van der Waals surface area (Å²) in [6, 6.07) is -0.0585. The lowest BCUT2D eigenvalue weighted by atomic mass is 9.74. The number of cyclic esters (lactones) is 1. The lowest BCUT2D eigenvalue weighted by Gasteiger charge is -2.51.